The second kappa shape index (κ2) is 7.60. The number of fused-ring (bicyclic) bond motifs is 1. The van der Waals surface area contributed by atoms with Crippen molar-refractivity contribution in [3.05, 3.63) is 59.7 Å². The smallest absolute Gasteiger partial charge is 0.338 e. The van der Waals surface area contributed by atoms with Crippen molar-refractivity contribution < 1.29 is 14.3 Å². The summed E-state index contributed by atoms with van der Waals surface area (Å²) >= 11 is 3.37. The van der Waals surface area contributed by atoms with E-state index in [-0.39, 0.29) is 5.78 Å². The zero-order valence-corrected chi connectivity index (χ0v) is 15.6. The van der Waals surface area contributed by atoms with Gasteiger partial charge in [-0.25, -0.2) is 9.78 Å². The zero-order chi connectivity index (χ0) is 17.9. The lowest BCUT2D eigenvalue weighted by Gasteiger charge is -2.10. The molecule has 0 amide bonds. The standard InChI is InChI=1S/C20H17NO3S2/c22-16-5-3-6-17(16)24-19(23)14-10-8-13(9-11-14)12-25-20-21-15-4-1-2-7-18(15)26-20/h1-2,4,7-11,17H,3,5-6,12H2/t17-/m0/s1. The molecule has 0 saturated heterocycles. The van der Waals surface area contributed by atoms with Crippen molar-refractivity contribution in [2.75, 3.05) is 0 Å². The second-order valence-electron chi connectivity index (χ2n) is 6.19. The number of Topliss-reactive ketones (excluding diaryl/α,β-unsaturated/α-hetero) is 1. The molecule has 2 aromatic carbocycles. The molecule has 1 atom stereocenters. The number of esters is 1. The lowest BCUT2D eigenvalue weighted by atomic mass is 10.1. The Morgan fingerprint density at radius 2 is 2.00 bits per heavy atom. The fourth-order valence-corrected chi connectivity index (χ4v) is 4.92. The molecule has 1 fully saturated rings. The van der Waals surface area contributed by atoms with Crippen molar-refractivity contribution >= 4 is 45.1 Å². The molecule has 0 unspecified atom stereocenters. The van der Waals surface area contributed by atoms with Crippen LogP contribution in [-0.2, 0) is 15.3 Å². The molecule has 3 aromatic rings. The number of ketones is 1. The van der Waals surface area contributed by atoms with E-state index >= 15 is 0 Å². The van der Waals surface area contributed by atoms with E-state index in [0.29, 0.717) is 18.4 Å². The molecule has 1 aliphatic carbocycles. The van der Waals surface area contributed by atoms with Crippen molar-refractivity contribution in [2.24, 2.45) is 0 Å². The van der Waals surface area contributed by atoms with Crippen LogP contribution in [0.5, 0.6) is 0 Å². The van der Waals surface area contributed by atoms with Gasteiger partial charge in [-0.15, -0.1) is 11.3 Å². The van der Waals surface area contributed by atoms with Gasteiger partial charge in [-0.1, -0.05) is 36.0 Å². The number of ether oxygens (including phenoxy) is 1. The van der Waals surface area contributed by atoms with Gasteiger partial charge in [-0.3, -0.25) is 4.79 Å². The molecule has 0 radical (unpaired) electrons. The quantitative estimate of drug-likeness (QED) is 0.465. The molecular weight excluding hydrogens is 366 g/mol. The van der Waals surface area contributed by atoms with Gasteiger partial charge in [-0.05, 0) is 42.7 Å². The minimum absolute atomic E-state index is 0.0298. The minimum atomic E-state index is -0.559. The first kappa shape index (κ1) is 17.2. The predicted octanol–water partition coefficient (Wildman–Crippen LogP) is 4.87. The summed E-state index contributed by atoms with van der Waals surface area (Å²) < 4.78 is 7.54. The molecule has 6 heteroatoms. The number of carbonyl (C=O) groups is 2. The topological polar surface area (TPSA) is 56.3 Å². The molecule has 4 nitrogen and oxygen atoms in total. The molecule has 132 valence electrons. The summed E-state index contributed by atoms with van der Waals surface area (Å²) in [5.74, 6) is 0.397. The SMILES string of the molecule is O=C(O[C@H]1CCCC1=O)c1ccc(CSc2nc3ccccc3s2)cc1. The highest BCUT2D eigenvalue weighted by Gasteiger charge is 2.28. The summed E-state index contributed by atoms with van der Waals surface area (Å²) in [6.07, 6.45) is 1.40. The number of benzene rings is 2. The third-order valence-corrected chi connectivity index (χ3v) is 6.57. The summed E-state index contributed by atoms with van der Waals surface area (Å²) in [7, 11) is 0. The molecule has 1 heterocycles. The maximum atomic E-state index is 12.1. The Bertz CT molecular complexity index is 916. The first-order chi connectivity index (χ1) is 12.7. The molecule has 0 spiro atoms. The molecule has 1 saturated carbocycles. The van der Waals surface area contributed by atoms with Crippen LogP contribution in [0.3, 0.4) is 0 Å². The van der Waals surface area contributed by atoms with Crippen molar-refractivity contribution in [1.29, 1.82) is 0 Å². The van der Waals surface area contributed by atoms with Crippen LogP contribution >= 0.6 is 23.1 Å². The number of thioether (sulfide) groups is 1. The summed E-state index contributed by atoms with van der Waals surface area (Å²) in [5, 5.41) is 0. The summed E-state index contributed by atoms with van der Waals surface area (Å²) in [6.45, 7) is 0. The highest BCUT2D eigenvalue weighted by atomic mass is 32.2. The minimum Gasteiger partial charge on any atom is -0.451 e. The van der Waals surface area contributed by atoms with Gasteiger partial charge < -0.3 is 4.74 Å². The lowest BCUT2D eigenvalue weighted by molar-refractivity contribution is -0.124. The Balaban J connectivity index is 1.36. The number of rotatable bonds is 5. The number of carbonyl (C=O) groups excluding carboxylic acids is 2. The van der Waals surface area contributed by atoms with E-state index in [9.17, 15) is 9.59 Å². The van der Waals surface area contributed by atoms with Crippen LogP contribution in [0.2, 0.25) is 0 Å². The van der Waals surface area contributed by atoms with Crippen LogP contribution in [0.1, 0.15) is 35.2 Å². The van der Waals surface area contributed by atoms with E-state index in [0.717, 1.165) is 27.6 Å². The van der Waals surface area contributed by atoms with Gasteiger partial charge in [0.25, 0.3) is 0 Å². The number of hydrogen-bond acceptors (Lipinski definition) is 6. The molecule has 4 rings (SSSR count). The van der Waals surface area contributed by atoms with E-state index < -0.39 is 12.1 Å². The van der Waals surface area contributed by atoms with Gasteiger partial charge in [0.15, 0.2) is 16.2 Å². The first-order valence-corrected chi connectivity index (χ1v) is 10.3. The monoisotopic (exact) mass is 383 g/mol. The van der Waals surface area contributed by atoms with Crippen LogP contribution in [0.4, 0.5) is 0 Å². The van der Waals surface area contributed by atoms with E-state index in [4.69, 9.17) is 4.74 Å². The highest BCUT2D eigenvalue weighted by molar-refractivity contribution is 8.00. The van der Waals surface area contributed by atoms with Gasteiger partial charge in [0.1, 0.15) is 0 Å². The fourth-order valence-electron chi connectivity index (χ4n) is 2.90. The predicted molar refractivity (Wildman–Crippen MR) is 104 cm³/mol. The third kappa shape index (κ3) is 3.81. The van der Waals surface area contributed by atoms with Crippen LogP contribution in [-0.4, -0.2) is 22.8 Å². The number of aromatic nitrogens is 1. The van der Waals surface area contributed by atoms with Gasteiger partial charge in [0.05, 0.1) is 15.8 Å². The van der Waals surface area contributed by atoms with Gasteiger partial charge in [0, 0.05) is 12.2 Å². The Labute approximate surface area is 159 Å². The Morgan fingerprint density at radius 3 is 2.73 bits per heavy atom. The second-order valence-corrected chi connectivity index (χ2v) is 8.44. The highest BCUT2D eigenvalue weighted by Crippen LogP contribution is 2.31. The summed E-state index contributed by atoms with van der Waals surface area (Å²) in [6, 6.07) is 15.5. The maximum Gasteiger partial charge on any atom is 0.338 e. The Hall–Kier alpha value is -2.18. The molecular formula is C20H17NO3S2. The average Bonchev–Trinajstić information content (AvgIpc) is 3.26. The Morgan fingerprint density at radius 1 is 1.19 bits per heavy atom. The fraction of sp³-hybridized carbons (Fsp3) is 0.250. The van der Waals surface area contributed by atoms with Crippen molar-refractivity contribution in [3.63, 3.8) is 0 Å². The van der Waals surface area contributed by atoms with Crippen LogP contribution < -0.4 is 0 Å². The number of para-hydroxylation sites is 1. The number of nitrogens with zero attached hydrogens (tertiary/aromatic N) is 1. The zero-order valence-electron chi connectivity index (χ0n) is 14.0. The molecule has 26 heavy (non-hydrogen) atoms. The van der Waals surface area contributed by atoms with Crippen molar-refractivity contribution in [3.8, 4) is 0 Å². The third-order valence-electron chi connectivity index (χ3n) is 4.32. The largest absolute Gasteiger partial charge is 0.451 e. The number of hydrogen-bond donors (Lipinski definition) is 0. The molecule has 0 N–H and O–H groups in total. The maximum absolute atomic E-state index is 12.1. The normalized spacial score (nSPS) is 16.9. The van der Waals surface area contributed by atoms with Crippen molar-refractivity contribution in [1.82, 2.24) is 4.98 Å². The molecule has 0 bridgehead atoms. The first-order valence-electron chi connectivity index (χ1n) is 8.50. The molecule has 0 aliphatic heterocycles. The summed E-state index contributed by atoms with van der Waals surface area (Å²) in [5.41, 5.74) is 2.63. The van der Waals surface area contributed by atoms with Crippen LogP contribution in [0.15, 0.2) is 52.9 Å². The van der Waals surface area contributed by atoms with Gasteiger partial charge in [-0.2, -0.15) is 0 Å². The van der Waals surface area contributed by atoms with Crippen LogP contribution in [0.25, 0.3) is 10.2 Å². The van der Waals surface area contributed by atoms with E-state index in [2.05, 4.69) is 11.1 Å². The van der Waals surface area contributed by atoms with Gasteiger partial charge >= 0.3 is 5.97 Å². The van der Waals surface area contributed by atoms with E-state index in [1.807, 2.05) is 30.3 Å². The van der Waals surface area contributed by atoms with E-state index in [1.54, 1.807) is 35.2 Å². The summed E-state index contributed by atoms with van der Waals surface area (Å²) in [4.78, 5) is 28.4. The van der Waals surface area contributed by atoms with Gasteiger partial charge in [0.2, 0.25) is 0 Å². The van der Waals surface area contributed by atoms with Crippen molar-refractivity contribution in [2.45, 2.75) is 35.5 Å². The van der Waals surface area contributed by atoms with Crippen LogP contribution in [0, 0.1) is 0 Å². The van der Waals surface area contributed by atoms with E-state index in [1.165, 1.54) is 4.70 Å². The number of thiazole rings is 1. The Kier molecular flexibility index (Phi) is 5.04. The average molecular weight is 383 g/mol. The lowest BCUT2D eigenvalue weighted by Crippen LogP contribution is -2.21. The molecule has 1 aromatic heterocycles. The molecule has 1 aliphatic rings.